The van der Waals surface area contributed by atoms with Crippen LogP contribution in [0.5, 0.6) is 0 Å². The molecule has 6 N–H and O–H groups in total. The van der Waals surface area contributed by atoms with Gasteiger partial charge < -0.3 is 64.0 Å². The molecule has 1 aromatic heterocycles. The first-order valence-corrected chi connectivity index (χ1v) is 20.8. The van der Waals surface area contributed by atoms with E-state index >= 15 is 0 Å². The van der Waals surface area contributed by atoms with Gasteiger partial charge in [-0.3, -0.25) is 9.78 Å². The lowest BCUT2D eigenvalue weighted by atomic mass is 9.97. The molecule has 5 aliphatic rings. The minimum Gasteiger partial charge on any atom is -0.436 e. The Morgan fingerprint density at radius 1 is 0.831 bits per heavy atom. The van der Waals surface area contributed by atoms with Gasteiger partial charge in [0.2, 0.25) is 0 Å². The number of nitrogens with zero attached hydrogens (tertiary/aromatic N) is 4. The van der Waals surface area contributed by atoms with E-state index in [4.69, 9.17) is 18.6 Å². The molecule has 0 saturated carbocycles. The molecule has 0 aliphatic carbocycles. The van der Waals surface area contributed by atoms with E-state index in [1.807, 2.05) is 29.2 Å². The number of hydrogen-bond acceptors (Lipinski definition) is 13. The Morgan fingerprint density at radius 3 is 2.29 bits per heavy atom. The highest BCUT2D eigenvalue weighted by Gasteiger charge is 2.45. The molecule has 5 aliphatic heterocycles. The normalized spacial score (nSPS) is 27.3. The average Bonchev–Trinajstić information content (AvgIpc) is 3.54. The molecule has 0 unspecified atom stereocenters. The molecule has 320 valence electrons. The van der Waals surface area contributed by atoms with Gasteiger partial charge in [-0.2, -0.15) is 0 Å². The Labute approximate surface area is 340 Å². The maximum atomic E-state index is 14.2. The Hall–Kier alpha value is -4.56. The Balaban J connectivity index is 0.857. The molecule has 4 amide bonds. The number of amides is 4. The maximum Gasteiger partial charge on any atom is 0.417 e. The van der Waals surface area contributed by atoms with Gasteiger partial charge in [0.1, 0.15) is 24.4 Å². The number of aliphatic hydroxyl groups excluding tert-OH is 4. The number of hydrogen-bond donors (Lipinski definition) is 6. The van der Waals surface area contributed by atoms with Crippen molar-refractivity contribution in [1.82, 2.24) is 24.6 Å². The van der Waals surface area contributed by atoms with Crippen molar-refractivity contribution >= 4 is 34.8 Å². The van der Waals surface area contributed by atoms with E-state index in [2.05, 4.69) is 15.2 Å². The van der Waals surface area contributed by atoms with Gasteiger partial charge in [0.25, 0.3) is 5.91 Å². The quantitative estimate of drug-likeness (QED) is 0.177. The zero-order valence-corrected chi connectivity index (χ0v) is 32.9. The standard InChI is InChI=1S/C41H54N6O12/c48-23-33-34(49)35(50)36(51)38(57-33)56-28-12-18-44(19-13-28)26-8-14-45(15-9-26)37(52)32(22-24-5-6-30-31(21-24)58-40(54)43-30)59-41(55)46-16-10-27(11-17-46)47-20-7-25-3-1-2-4-29(25)42-39(47)53/h1-6,21,26-28,32-36,38,48-51H,7-20,22-23H2,(H,42,53)(H,43,54)/t32-,33-,34+,35+,36-,38-/m1/s1. The number of piperidine rings is 3. The second-order valence-electron chi connectivity index (χ2n) is 16.3. The van der Waals surface area contributed by atoms with Gasteiger partial charge in [-0.15, -0.1) is 0 Å². The number of aromatic nitrogens is 1. The van der Waals surface area contributed by atoms with Crippen molar-refractivity contribution in [2.75, 3.05) is 57.7 Å². The van der Waals surface area contributed by atoms with E-state index in [9.17, 15) is 39.6 Å². The minimum atomic E-state index is -1.50. The molecule has 6 atom stereocenters. The van der Waals surface area contributed by atoms with Crippen molar-refractivity contribution in [3.63, 3.8) is 0 Å². The van der Waals surface area contributed by atoms with E-state index in [-0.39, 0.29) is 36.5 Å². The van der Waals surface area contributed by atoms with Crippen LogP contribution in [0.2, 0.25) is 0 Å². The van der Waals surface area contributed by atoms with E-state index in [0.29, 0.717) is 101 Å². The van der Waals surface area contributed by atoms with Crippen molar-refractivity contribution in [2.45, 2.75) is 106 Å². The van der Waals surface area contributed by atoms with E-state index in [1.165, 1.54) is 0 Å². The highest BCUT2D eigenvalue weighted by atomic mass is 16.7. The van der Waals surface area contributed by atoms with Crippen LogP contribution in [-0.4, -0.2) is 170 Å². The molecule has 0 spiro atoms. The largest absolute Gasteiger partial charge is 0.436 e. The lowest BCUT2D eigenvalue weighted by Gasteiger charge is -2.44. The third-order valence-electron chi connectivity index (χ3n) is 12.7. The van der Waals surface area contributed by atoms with Crippen LogP contribution in [0.3, 0.4) is 0 Å². The van der Waals surface area contributed by atoms with Crippen molar-refractivity contribution < 1.29 is 53.4 Å². The van der Waals surface area contributed by atoms with Crippen LogP contribution in [0.4, 0.5) is 15.3 Å². The molecule has 18 nitrogen and oxygen atoms in total. The third-order valence-corrected chi connectivity index (χ3v) is 12.7. The van der Waals surface area contributed by atoms with E-state index in [1.54, 1.807) is 28.0 Å². The number of rotatable bonds is 9. The summed E-state index contributed by atoms with van der Waals surface area (Å²) in [5.41, 5.74) is 3.44. The number of ether oxygens (including phenoxy) is 3. The number of nitrogens with one attached hydrogen (secondary N) is 2. The molecule has 2 aromatic carbocycles. The van der Waals surface area contributed by atoms with Gasteiger partial charge in [-0.25, -0.2) is 14.4 Å². The van der Waals surface area contributed by atoms with Crippen LogP contribution in [-0.2, 0) is 31.8 Å². The van der Waals surface area contributed by atoms with E-state index in [0.717, 1.165) is 17.7 Å². The fraction of sp³-hybridized carbons (Fsp3) is 0.610. The summed E-state index contributed by atoms with van der Waals surface area (Å²) in [5, 5.41) is 43.2. The topological polar surface area (TPSA) is 231 Å². The molecule has 8 rings (SSSR count). The summed E-state index contributed by atoms with van der Waals surface area (Å²) in [6, 6.07) is 13.0. The van der Waals surface area contributed by atoms with Gasteiger partial charge in [-0.05, 0) is 74.3 Å². The lowest BCUT2D eigenvalue weighted by Crippen LogP contribution is -2.60. The van der Waals surface area contributed by atoms with Gasteiger partial charge in [0.15, 0.2) is 18.0 Å². The SMILES string of the molecule is O=C(O[C@H](Cc1ccc2[nH]c(=O)oc2c1)C(=O)N1CCC(N2CCC(O[C@@H]3O[C@H](CO)[C@H](O)[C@H](O)[C@H]3O)CC2)CC1)N1CCC(N2CCc3ccccc3NC2=O)CC1. The smallest absolute Gasteiger partial charge is 0.417 e. The lowest BCUT2D eigenvalue weighted by molar-refractivity contribution is -0.313. The number of carbonyl (C=O) groups is 3. The molecule has 4 saturated heterocycles. The molecular formula is C41H54N6O12. The fourth-order valence-corrected chi connectivity index (χ4v) is 9.21. The highest BCUT2D eigenvalue weighted by Crippen LogP contribution is 2.29. The van der Waals surface area contributed by atoms with Crippen molar-refractivity contribution in [1.29, 1.82) is 0 Å². The number of likely N-dealkylation sites (tertiary alicyclic amines) is 3. The zero-order chi connectivity index (χ0) is 41.2. The minimum absolute atomic E-state index is 0.0458. The number of benzene rings is 2. The number of aliphatic hydroxyl groups is 4. The number of oxazole rings is 1. The molecule has 0 radical (unpaired) electrons. The Bertz CT molecular complexity index is 2000. The number of para-hydroxylation sites is 1. The molecule has 6 heterocycles. The van der Waals surface area contributed by atoms with Crippen molar-refractivity contribution in [3.05, 3.63) is 64.1 Å². The van der Waals surface area contributed by atoms with Gasteiger partial charge in [0, 0.05) is 70.0 Å². The summed E-state index contributed by atoms with van der Waals surface area (Å²) in [6.07, 6.45) is -3.85. The predicted molar refractivity (Wildman–Crippen MR) is 210 cm³/mol. The van der Waals surface area contributed by atoms with Crippen LogP contribution >= 0.6 is 0 Å². The number of fused-ring (bicyclic) bond motifs is 2. The molecule has 3 aromatic rings. The highest BCUT2D eigenvalue weighted by molar-refractivity contribution is 5.91. The molecular weight excluding hydrogens is 768 g/mol. The van der Waals surface area contributed by atoms with Gasteiger partial charge in [-0.1, -0.05) is 24.3 Å². The first-order valence-electron chi connectivity index (χ1n) is 20.8. The van der Waals surface area contributed by atoms with Crippen LogP contribution in [0.15, 0.2) is 51.7 Å². The Morgan fingerprint density at radius 2 is 1.54 bits per heavy atom. The number of H-pyrrole nitrogens is 1. The van der Waals surface area contributed by atoms with Crippen molar-refractivity contribution in [3.8, 4) is 0 Å². The number of aromatic amines is 1. The zero-order valence-electron chi connectivity index (χ0n) is 32.9. The molecule has 18 heteroatoms. The second-order valence-corrected chi connectivity index (χ2v) is 16.3. The maximum absolute atomic E-state index is 14.2. The van der Waals surface area contributed by atoms with Crippen LogP contribution in [0.25, 0.3) is 11.1 Å². The summed E-state index contributed by atoms with van der Waals surface area (Å²) >= 11 is 0. The molecule has 4 fully saturated rings. The average molecular weight is 823 g/mol. The monoisotopic (exact) mass is 822 g/mol. The van der Waals surface area contributed by atoms with Crippen LogP contribution in [0, 0.1) is 0 Å². The predicted octanol–water partition coefficient (Wildman–Crippen LogP) is 0.995. The van der Waals surface area contributed by atoms with Crippen molar-refractivity contribution in [2.24, 2.45) is 0 Å². The van der Waals surface area contributed by atoms with Crippen LogP contribution < -0.4 is 11.1 Å². The summed E-state index contributed by atoms with van der Waals surface area (Å²) in [6.45, 7) is 3.17. The summed E-state index contributed by atoms with van der Waals surface area (Å²) < 4.78 is 22.8. The van der Waals surface area contributed by atoms with E-state index < -0.39 is 55.3 Å². The fourth-order valence-electron chi connectivity index (χ4n) is 9.21. The first kappa shape index (κ1) is 41.2. The number of anilines is 1. The summed E-state index contributed by atoms with van der Waals surface area (Å²) in [7, 11) is 0. The molecule has 0 bridgehead atoms. The van der Waals surface area contributed by atoms with Gasteiger partial charge in [0.05, 0.1) is 18.2 Å². The summed E-state index contributed by atoms with van der Waals surface area (Å²) in [4.78, 5) is 63.2. The summed E-state index contributed by atoms with van der Waals surface area (Å²) in [5.74, 6) is -0.884. The molecule has 59 heavy (non-hydrogen) atoms. The number of carbonyl (C=O) groups excluding carboxylic acids is 3. The van der Waals surface area contributed by atoms with Gasteiger partial charge >= 0.3 is 17.9 Å². The van der Waals surface area contributed by atoms with Crippen LogP contribution in [0.1, 0.15) is 49.7 Å². The second kappa shape index (κ2) is 18.0. The first-order chi connectivity index (χ1) is 28.5. The third kappa shape index (κ3) is 9.13. The number of urea groups is 1. The Kier molecular flexibility index (Phi) is 12.5.